The summed E-state index contributed by atoms with van der Waals surface area (Å²) in [5.41, 5.74) is 0.388. The highest BCUT2D eigenvalue weighted by Gasteiger charge is 2.13. The molecule has 0 N–H and O–H groups in total. The van der Waals surface area contributed by atoms with Crippen molar-refractivity contribution in [1.29, 1.82) is 0 Å². The van der Waals surface area contributed by atoms with Gasteiger partial charge in [-0.1, -0.05) is 6.92 Å². The first-order chi connectivity index (χ1) is 9.97. The Kier molecular flexibility index (Phi) is 7.32. The predicted molar refractivity (Wildman–Crippen MR) is 82.6 cm³/mol. The van der Waals surface area contributed by atoms with Crippen LogP contribution in [-0.4, -0.2) is 63.0 Å². The molecule has 0 bridgehead atoms. The number of methoxy groups -OCH3 is 1. The van der Waals surface area contributed by atoms with Crippen molar-refractivity contribution in [3.8, 4) is 5.75 Å². The lowest BCUT2D eigenvalue weighted by atomic mass is 10.1. The van der Waals surface area contributed by atoms with Crippen LogP contribution in [0.3, 0.4) is 0 Å². The Labute approximate surface area is 126 Å². The number of benzene rings is 1. The molecule has 0 aliphatic carbocycles. The minimum atomic E-state index is -0.501. The second kappa shape index (κ2) is 8.74. The average Bonchev–Trinajstić information content (AvgIpc) is 2.45. The summed E-state index contributed by atoms with van der Waals surface area (Å²) in [5.74, 6) is -0.410. The van der Waals surface area contributed by atoms with Crippen molar-refractivity contribution in [1.82, 2.24) is 9.80 Å². The van der Waals surface area contributed by atoms with Crippen molar-refractivity contribution in [2.75, 3.05) is 47.4 Å². The fourth-order valence-corrected chi connectivity index (χ4v) is 2.09. The van der Waals surface area contributed by atoms with Crippen LogP contribution >= 0.6 is 0 Å². The molecule has 5 heteroatoms. The van der Waals surface area contributed by atoms with Gasteiger partial charge in [0.15, 0.2) is 17.3 Å². The van der Waals surface area contributed by atoms with Crippen LogP contribution in [0.25, 0.3) is 0 Å². The van der Waals surface area contributed by atoms with Gasteiger partial charge in [0.05, 0.1) is 13.7 Å². The van der Waals surface area contributed by atoms with Crippen LogP contribution in [0, 0.1) is 5.82 Å². The Bertz CT molecular complexity index is 464. The maximum Gasteiger partial charge on any atom is 0.176 e. The number of carbonyl (C=O) groups is 1. The lowest BCUT2D eigenvalue weighted by Crippen LogP contribution is -2.32. The Morgan fingerprint density at radius 1 is 1.29 bits per heavy atom. The molecule has 0 heterocycles. The predicted octanol–water partition coefficient (Wildman–Crippen LogP) is 2.29. The number of carbonyl (C=O) groups excluding carboxylic acids is 1. The third kappa shape index (κ3) is 5.81. The molecule has 21 heavy (non-hydrogen) atoms. The van der Waals surface area contributed by atoms with E-state index in [0.29, 0.717) is 12.1 Å². The van der Waals surface area contributed by atoms with E-state index in [-0.39, 0.29) is 11.5 Å². The molecule has 0 saturated carbocycles. The van der Waals surface area contributed by atoms with Crippen molar-refractivity contribution in [3.63, 3.8) is 0 Å². The number of ether oxygens (including phenoxy) is 1. The van der Waals surface area contributed by atoms with E-state index in [1.165, 1.54) is 19.2 Å². The number of likely N-dealkylation sites (N-methyl/N-ethyl adjacent to an activating group) is 1. The molecule has 0 radical (unpaired) electrons. The molecule has 4 nitrogen and oxygen atoms in total. The van der Waals surface area contributed by atoms with Gasteiger partial charge in [-0.2, -0.15) is 0 Å². The number of nitrogens with zero attached hydrogens (tertiary/aromatic N) is 2. The van der Waals surface area contributed by atoms with Gasteiger partial charge in [0.1, 0.15) is 0 Å². The zero-order chi connectivity index (χ0) is 15.8. The number of Topliss-reactive ketones (excluding diaryl/α,β-unsaturated/α-hetero) is 1. The highest BCUT2D eigenvalue weighted by molar-refractivity contribution is 5.97. The third-order valence-corrected chi connectivity index (χ3v) is 3.37. The van der Waals surface area contributed by atoms with Gasteiger partial charge in [-0.25, -0.2) is 4.39 Å². The zero-order valence-electron chi connectivity index (χ0n) is 13.4. The van der Waals surface area contributed by atoms with Crippen molar-refractivity contribution in [3.05, 3.63) is 29.6 Å². The van der Waals surface area contributed by atoms with Gasteiger partial charge in [-0.15, -0.1) is 0 Å². The topological polar surface area (TPSA) is 32.8 Å². The standard InChI is InChI=1S/C16H25FN2O2/c1-5-19(10-6-9-18(2)3)12-15(20)13-7-8-16(21-4)14(17)11-13/h7-8,11H,5-6,9-10,12H2,1-4H3. The van der Waals surface area contributed by atoms with E-state index in [9.17, 15) is 9.18 Å². The zero-order valence-corrected chi connectivity index (χ0v) is 13.4. The molecule has 0 fully saturated rings. The lowest BCUT2D eigenvalue weighted by Gasteiger charge is -2.20. The Balaban J connectivity index is 2.59. The lowest BCUT2D eigenvalue weighted by molar-refractivity contribution is 0.0931. The summed E-state index contributed by atoms with van der Waals surface area (Å²) in [6.07, 6.45) is 1.01. The van der Waals surface area contributed by atoms with Crippen molar-refractivity contribution >= 4 is 5.78 Å². The second-order valence-electron chi connectivity index (χ2n) is 5.30. The van der Waals surface area contributed by atoms with E-state index in [4.69, 9.17) is 4.74 Å². The first-order valence-electron chi connectivity index (χ1n) is 7.21. The number of rotatable bonds is 9. The molecule has 118 valence electrons. The highest BCUT2D eigenvalue weighted by Crippen LogP contribution is 2.18. The van der Waals surface area contributed by atoms with Gasteiger partial charge in [-0.3, -0.25) is 9.69 Å². The fourth-order valence-electron chi connectivity index (χ4n) is 2.09. The molecule has 0 saturated heterocycles. The summed E-state index contributed by atoms with van der Waals surface area (Å²) in [7, 11) is 5.46. The Hall–Kier alpha value is -1.46. The molecule has 0 aliphatic heterocycles. The highest BCUT2D eigenvalue weighted by atomic mass is 19.1. The number of hydrogen-bond donors (Lipinski definition) is 0. The molecule has 0 aromatic heterocycles. The molecule has 0 unspecified atom stereocenters. The van der Waals surface area contributed by atoms with Gasteiger partial charge in [0.25, 0.3) is 0 Å². The van der Waals surface area contributed by atoms with Gasteiger partial charge >= 0.3 is 0 Å². The third-order valence-electron chi connectivity index (χ3n) is 3.37. The number of hydrogen-bond acceptors (Lipinski definition) is 4. The summed E-state index contributed by atoms with van der Waals surface area (Å²) < 4.78 is 18.5. The summed E-state index contributed by atoms with van der Waals surface area (Å²) in [5, 5.41) is 0. The van der Waals surface area contributed by atoms with Crippen molar-refractivity contribution < 1.29 is 13.9 Å². The summed E-state index contributed by atoms with van der Waals surface area (Å²) in [6, 6.07) is 4.34. The van der Waals surface area contributed by atoms with Crippen LogP contribution in [0.4, 0.5) is 4.39 Å². The van der Waals surface area contributed by atoms with Crippen LogP contribution in [0.2, 0.25) is 0 Å². The fraction of sp³-hybridized carbons (Fsp3) is 0.562. The molecule has 1 aromatic carbocycles. The Morgan fingerprint density at radius 2 is 2.00 bits per heavy atom. The van der Waals surface area contributed by atoms with Crippen molar-refractivity contribution in [2.24, 2.45) is 0 Å². The van der Waals surface area contributed by atoms with Crippen molar-refractivity contribution in [2.45, 2.75) is 13.3 Å². The molecule has 0 aliphatic rings. The average molecular weight is 296 g/mol. The first-order valence-corrected chi connectivity index (χ1v) is 7.21. The second-order valence-corrected chi connectivity index (χ2v) is 5.30. The molecule has 0 spiro atoms. The molecule has 1 aromatic rings. The van der Waals surface area contributed by atoms with Crippen LogP contribution in [0.5, 0.6) is 5.75 Å². The van der Waals surface area contributed by atoms with E-state index >= 15 is 0 Å². The maximum absolute atomic E-state index is 13.6. The summed E-state index contributed by atoms with van der Waals surface area (Å²) >= 11 is 0. The van der Waals surface area contributed by atoms with E-state index in [1.54, 1.807) is 6.07 Å². The Morgan fingerprint density at radius 3 is 2.52 bits per heavy atom. The van der Waals surface area contributed by atoms with Crippen LogP contribution in [0.15, 0.2) is 18.2 Å². The van der Waals surface area contributed by atoms with E-state index in [0.717, 1.165) is 26.1 Å². The van der Waals surface area contributed by atoms with Crippen LogP contribution < -0.4 is 4.74 Å². The molecule has 1 rings (SSSR count). The number of halogens is 1. The molecular formula is C16H25FN2O2. The van der Waals surface area contributed by atoms with Crippen LogP contribution in [-0.2, 0) is 0 Å². The normalized spacial score (nSPS) is 11.2. The van der Waals surface area contributed by atoms with E-state index in [1.807, 2.05) is 21.0 Å². The van der Waals surface area contributed by atoms with Gasteiger partial charge in [-0.05, 0) is 58.3 Å². The van der Waals surface area contributed by atoms with Crippen LogP contribution in [0.1, 0.15) is 23.7 Å². The molecule has 0 atom stereocenters. The first kappa shape index (κ1) is 17.6. The van der Waals surface area contributed by atoms with Gasteiger partial charge in [0, 0.05) is 5.56 Å². The SMILES string of the molecule is CCN(CCCN(C)C)CC(=O)c1ccc(OC)c(F)c1. The quantitative estimate of drug-likeness (QED) is 0.655. The minimum absolute atomic E-state index is 0.0664. The van der Waals surface area contributed by atoms with E-state index in [2.05, 4.69) is 9.80 Å². The minimum Gasteiger partial charge on any atom is -0.494 e. The maximum atomic E-state index is 13.6. The summed E-state index contributed by atoms with van der Waals surface area (Å²) in [4.78, 5) is 16.4. The van der Waals surface area contributed by atoms with Gasteiger partial charge < -0.3 is 9.64 Å². The number of ketones is 1. The van der Waals surface area contributed by atoms with Gasteiger partial charge in [0.2, 0.25) is 0 Å². The largest absolute Gasteiger partial charge is 0.494 e. The monoisotopic (exact) mass is 296 g/mol. The molecule has 0 amide bonds. The smallest absolute Gasteiger partial charge is 0.176 e. The molecular weight excluding hydrogens is 271 g/mol. The summed E-state index contributed by atoms with van der Waals surface area (Å²) in [6.45, 7) is 4.99. The van der Waals surface area contributed by atoms with E-state index < -0.39 is 5.82 Å².